The molecule has 1 heterocycles. The van der Waals surface area contributed by atoms with Crippen LogP contribution in [-0.2, 0) is 9.47 Å². The van der Waals surface area contributed by atoms with E-state index in [4.69, 9.17) is 9.47 Å². The van der Waals surface area contributed by atoms with Gasteiger partial charge in [-0.15, -0.1) is 4.99 Å². The highest BCUT2D eigenvalue weighted by Gasteiger charge is 2.21. The van der Waals surface area contributed by atoms with E-state index in [1.807, 2.05) is 0 Å². The van der Waals surface area contributed by atoms with Crippen molar-refractivity contribution in [2.45, 2.75) is 52.7 Å². The zero-order valence-electron chi connectivity index (χ0n) is 13.6. The van der Waals surface area contributed by atoms with Crippen molar-refractivity contribution >= 4 is 18.1 Å². The highest BCUT2D eigenvalue weighted by Crippen LogP contribution is 2.09. The van der Waals surface area contributed by atoms with Crippen LogP contribution in [0.5, 0.6) is 0 Å². The molecule has 1 aromatic rings. The molecule has 1 N–H and O–H groups in total. The number of aliphatic imine (C=N–C) groups is 1. The van der Waals surface area contributed by atoms with E-state index in [0.29, 0.717) is 0 Å². The third kappa shape index (κ3) is 6.82. The third-order valence-electron chi connectivity index (χ3n) is 1.84. The average Bonchev–Trinajstić information content (AvgIpc) is 2.75. The number of carbonyl (C=O) groups is 2. The van der Waals surface area contributed by atoms with Gasteiger partial charge in [-0.1, -0.05) is 0 Å². The lowest BCUT2D eigenvalue weighted by molar-refractivity contribution is 0.0560. The maximum atomic E-state index is 11.8. The molecule has 0 radical (unpaired) electrons. The standard InChI is InChI=1S/C13H21N5O4/c1-12(2,3)21-10(19)16-9(18-8-14-7-15-18)17-11(20)22-13(4,5)6/h7-8H,1-6H3,(H,16,17,19,20). The second kappa shape index (κ2) is 6.54. The van der Waals surface area contributed by atoms with Crippen LogP contribution in [0.25, 0.3) is 0 Å². The third-order valence-corrected chi connectivity index (χ3v) is 1.84. The zero-order valence-corrected chi connectivity index (χ0v) is 13.6. The first-order valence-corrected chi connectivity index (χ1v) is 6.63. The molecule has 0 fully saturated rings. The summed E-state index contributed by atoms with van der Waals surface area (Å²) in [7, 11) is 0. The molecule has 0 aliphatic carbocycles. The zero-order chi connectivity index (χ0) is 17.0. The van der Waals surface area contributed by atoms with E-state index in [9.17, 15) is 9.59 Å². The van der Waals surface area contributed by atoms with E-state index in [1.165, 1.54) is 12.7 Å². The monoisotopic (exact) mass is 311 g/mol. The van der Waals surface area contributed by atoms with Crippen LogP contribution in [0, 0.1) is 0 Å². The number of nitrogens with one attached hydrogen (secondary N) is 1. The maximum Gasteiger partial charge on any atom is 0.437 e. The van der Waals surface area contributed by atoms with Crippen molar-refractivity contribution in [3.8, 4) is 0 Å². The van der Waals surface area contributed by atoms with Crippen molar-refractivity contribution < 1.29 is 19.1 Å². The summed E-state index contributed by atoms with van der Waals surface area (Å²) < 4.78 is 11.3. The molecule has 9 heteroatoms. The van der Waals surface area contributed by atoms with E-state index in [2.05, 4.69) is 20.4 Å². The van der Waals surface area contributed by atoms with Crippen LogP contribution >= 0.6 is 0 Å². The lowest BCUT2D eigenvalue weighted by Crippen LogP contribution is -2.40. The predicted molar refractivity (Wildman–Crippen MR) is 78.5 cm³/mol. The Morgan fingerprint density at radius 1 is 1.09 bits per heavy atom. The molecule has 0 spiro atoms. The first kappa shape index (κ1) is 17.6. The Hall–Kier alpha value is -2.45. The number of ether oxygens (including phenoxy) is 2. The van der Waals surface area contributed by atoms with Crippen LogP contribution in [0.4, 0.5) is 9.59 Å². The fourth-order valence-corrected chi connectivity index (χ4v) is 1.22. The Morgan fingerprint density at radius 3 is 2.14 bits per heavy atom. The molecule has 9 nitrogen and oxygen atoms in total. The van der Waals surface area contributed by atoms with Crippen molar-refractivity contribution in [1.82, 2.24) is 20.1 Å². The van der Waals surface area contributed by atoms with Crippen LogP contribution in [0.15, 0.2) is 17.6 Å². The molecule has 1 aromatic heterocycles. The van der Waals surface area contributed by atoms with Gasteiger partial charge in [0.25, 0.3) is 0 Å². The van der Waals surface area contributed by atoms with Gasteiger partial charge in [0.1, 0.15) is 23.9 Å². The summed E-state index contributed by atoms with van der Waals surface area (Å²) in [5, 5.41) is 6.15. The quantitative estimate of drug-likeness (QED) is 0.579. The van der Waals surface area contributed by atoms with Gasteiger partial charge in [-0.25, -0.2) is 14.6 Å². The van der Waals surface area contributed by atoms with Gasteiger partial charge in [0.05, 0.1) is 0 Å². The van der Waals surface area contributed by atoms with E-state index >= 15 is 0 Å². The maximum absolute atomic E-state index is 11.8. The minimum atomic E-state index is -0.867. The molecule has 0 aliphatic rings. The van der Waals surface area contributed by atoms with Gasteiger partial charge in [-0.3, -0.25) is 5.32 Å². The van der Waals surface area contributed by atoms with Gasteiger partial charge < -0.3 is 9.47 Å². The van der Waals surface area contributed by atoms with Crippen molar-refractivity contribution in [2.75, 3.05) is 0 Å². The normalized spacial score (nSPS) is 12.7. The molecule has 0 aliphatic heterocycles. The lowest BCUT2D eigenvalue weighted by atomic mass is 10.2. The van der Waals surface area contributed by atoms with E-state index in [-0.39, 0.29) is 5.96 Å². The fourth-order valence-electron chi connectivity index (χ4n) is 1.22. The summed E-state index contributed by atoms with van der Waals surface area (Å²) in [6.45, 7) is 10.3. The van der Waals surface area contributed by atoms with Gasteiger partial charge >= 0.3 is 12.2 Å². The van der Waals surface area contributed by atoms with Gasteiger partial charge in [0.15, 0.2) is 0 Å². The Bertz CT molecular complexity index is 552. The minimum Gasteiger partial charge on any atom is -0.444 e. The summed E-state index contributed by atoms with van der Waals surface area (Å²) in [5.74, 6) is -0.166. The van der Waals surface area contributed by atoms with Gasteiger partial charge in [-0.05, 0) is 41.5 Å². The fraction of sp³-hybridized carbons (Fsp3) is 0.615. The number of carbonyl (C=O) groups excluding carboxylic acids is 2. The second-order valence-corrected chi connectivity index (χ2v) is 6.38. The van der Waals surface area contributed by atoms with E-state index in [1.54, 1.807) is 41.5 Å². The van der Waals surface area contributed by atoms with Gasteiger partial charge in [0, 0.05) is 0 Å². The van der Waals surface area contributed by atoms with Crippen LogP contribution in [0.3, 0.4) is 0 Å². The Balaban J connectivity index is 2.91. The van der Waals surface area contributed by atoms with Gasteiger partial charge in [-0.2, -0.15) is 9.78 Å². The van der Waals surface area contributed by atoms with E-state index < -0.39 is 23.4 Å². The summed E-state index contributed by atoms with van der Waals surface area (Å²) in [6.07, 6.45) is 0.876. The van der Waals surface area contributed by atoms with Crippen molar-refractivity contribution in [1.29, 1.82) is 0 Å². The van der Waals surface area contributed by atoms with Crippen LogP contribution in [-0.4, -0.2) is 44.1 Å². The Morgan fingerprint density at radius 2 is 1.68 bits per heavy atom. The average molecular weight is 311 g/mol. The molecular weight excluding hydrogens is 290 g/mol. The molecule has 22 heavy (non-hydrogen) atoms. The topological polar surface area (TPSA) is 108 Å². The number of alkyl carbamates (subject to hydrolysis) is 1. The molecule has 2 amide bonds. The highest BCUT2D eigenvalue weighted by molar-refractivity contribution is 5.99. The van der Waals surface area contributed by atoms with Gasteiger partial charge in [0.2, 0.25) is 5.96 Å². The summed E-state index contributed by atoms with van der Waals surface area (Å²) >= 11 is 0. The second-order valence-electron chi connectivity index (χ2n) is 6.38. The first-order chi connectivity index (χ1) is 9.96. The smallest absolute Gasteiger partial charge is 0.437 e. The molecule has 0 saturated carbocycles. The summed E-state index contributed by atoms with van der Waals surface area (Å²) in [4.78, 5) is 31.0. The van der Waals surface area contributed by atoms with Crippen molar-refractivity contribution in [2.24, 2.45) is 4.99 Å². The molecule has 122 valence electrons. The molecule has 0 atom stereocenters. The molecular formula is C13H21N5O4. The largest absolute Gasteiger partial charge is 0.444 e. The molecule has 0 aromatic carbocycles. The first-order valence-electron chi connectivity index (χ1n) is 6.63. The number of nitrogens with zero attached hydrogens (tertiary/aromatic N) is 4. The van der Waals surface area contributed by atoms with E-state index in [0.717, 1.165) is 4.68 Å². The highest BCUT2D eigenvalue weighted by atomic mass is 16.6. The Kier molecular flexibility index (Phi) is 5.23. The lowest BCUT2D eigenvalue weighted by Gasteiger charge is -2.20. The van der Waals surface area contributed by atoms with Crippen molar-refractivity contribution in [3.05, 3.63) is 12.7 Å². The van der Waals surface area contributed by atoms with Crippen LogP contribution in [0.2, 0.25) is 0 Å². The minimum absolute atomic E-state index is 0.166. The van der Waals surface area contributed by atoms with Crippen LogP contribution in [0.1, 0.15) is 41.5 Å². The SMILES string of the molecule is CC(C)(C)OC(=O)/N=C(/NC(=O)OC(C)(C)C)n1cncn1. The number of rotatable bonds is 0. The Labute approximate surface area is 128 Å². The molecule has 1 rings (SSSR count). The summed E-state index contributed by atoms with van der Waals surface area (Å²) in [5.41, 5.74) is -1.40. The van der Waals surface area contributed by atoms with Crippen LogP contribution < -0.4 is 5.32 Å². The molecule has 0 saturated heterocycles. The number of aromatic nitrogens is 3. The number of hydrogen-bond acceptors (Lipinski definition) is 6. The molecule has 0 unspecified atom stereocenters. The number of hydrogen-bond donors (Lipinski definition) is 1. The molecule has 0 bridgehead atoms. The number of amides is 2. The van der Waals surface area contributed by atoms with Crippen molar-refractivity contribution in [3.63, 3.8) is 0 Å². The summed E-state index contributed by atoms with van der Waals surface area (Å²) in [6, 6.07) is 0. The predicted octanol–water partition coefficient (Wildman–Crippen LogP) is 1.94.